The normalized spacial score (nSPS) is 10.8. The zero-order chi connectivity index (χ0) is 22.1. The molecular weight excluding hydrogens is 390 g/mol. The van der Waals surface area contributed by atoms with E-state index in [0.717, 1.165) is 28.9 Å². The van der Waals surface area contributed by atoms with Gasteiger partial charge in [-0.1, -0.05) is 31.2 Å². The summed E-state index contributed by atoms with van der Waals surface area (Å²) < 4.78 is 16.1. The molecule has 31 heavy (non-hydrogen) atoms. The van der Waals surface area contributed by atoms with Crippen molar-refractivity contribution < 1.29 is 19.0 Å². The van der Waals surface area contributed by atoms with Crippen LogP contribution in [0.25, 0.3) is 11.6 Å². The summed E-state index contributed by atoms with van der Waals surface area (Å²) >= 11 is 0. The smallest absolute Gasteiger partial charge is 0.349 e. The highest BCUT2D eigenvalue weighted by atomic mass is 16.6. The van der Waals surface area contributed by atoms with Crippen LogP contribution in [0, 0.1) is 11.3 Å². The van der Waals surface area contributed by atoms with Gasteiger partial charge in [-0.2, -0.15) is 5.26 Å². The van der Waals surface area contributed by atoms with Gasteiger partial charge in [-0.15, -0.1) is 0 Å². The van der Waals surface area contributed by atoms with E-state index in [1.165, 1.54) is 0 Å². The van der Waals surface area contributed by atoms with Crippen LogP contribution in [0.1, 0.15) is 23.6 Å². The molecule has 0 aromatic heterocycles. The lowest BCUT2D eigenvalue weighted by Crippen LogP contribution is -2.17. The maximum Gasteiger partial charge on any atom is 0.349 e. The molecule has 0 heterocycles. The summed E-state index contributed by atoms with van der Waals surface area (Å²) in [4.78, 5) is 12.2. The molecule has 3 aromatic carbocycles. The highest BCUT2D eigenvalue weighted by Crippen LogP contribution is 2.23. The lowest BCUT2D eigenvalue weighted by atomic mass is 10.0. The molecule has 3 aromatic rings. The third kappa shape index (κ3) is 6.22. The number of aryl methyl sites for hydroxylation is 1. The van der Waals surface area contributed by atoms with Gasteiger partial charge in [0.25, 0.3) is 0 Å². The van der Waals surface area contributed by atoms with E-state index in [1.807, 2.05) is 36.4 Å². The first-order valence-electron chi connectivity index (χ1n) is 9.90. The van der Waals surface area contributed by atoms with E-state index in [-0.39, 0.29) is 6.61 Å². The molecule has 0 radical (unpaired) electrons. The minimum Gasteiger partial charge on any atom is -0.497 e. The third-order valence-corrected chi connectivity index (χ3v) is 4.59. The average Bonchev–Trinajstić information content (AvgIpc) is 2.81. The summed E-state index contributed by atoms with van der Waals surface area (Å²) in [6.45, 7) is 1.86. The second-order valence-electron chi connectivity index (χ2n) is 6.73. The maximum atomic E-state index is 12.2. The van der Waals surface area contributed by atoms with Crippen LogP contribution in [0.2, 0.25) is 0 Å². The first-order chi connectivity index (χ1) is 15.1. The fraction of sp³-hybridized carbons (Fsp3) is 0.154. The molecule has 0 unspecified atom stereocenters. The molecular formula is C26H23NO4. The number of carbonyl (C=O) groups is 1. The monoisotopic (exact) mass is 413 g/mol. The molecule has 0 fully saturated rings. The van der Waals surface area contributed by atoms with Crippen LogP contribution in [0.3, 0.4) is 0 Å². The third-order valence-electron chi connectivity index (χ3n) is 4.59. The van der Waals surface area contributed by atoms with E-state index >= 15 is 0 Å². The van der Waals surface area contributed by atoms with Crippen LogP contribution in [-0.2, 0) is 11.2 Å². The van der Waals surface area contributed by atoms with Crippen molar-refractivity contribution in [3.8, 4) is 23.3 Å². The summed E-state index contributed by atoms with van der Waals surface area (Å²) in [6.07, 6.45) is 2.63. The number of ether oxygens (including phenoxy) is 3. The molecule has 5 heteroatoms. The molecule has 0 bridgehead atoms. The Kier molecular flexibility index (Phi) is 7.45. The maximum absolute atomic E-state index is 12.2. The predicted octanol–water partition coefficient (Wildman–Crippen LogP) is 5.31. The Morgan fingerprint density at radius 2 is 1.71 bits per heavy atom. The van der Waals surface area contributed by atoms with Gasteiger partial charge in [0.1, 0.15) is 17.2 Å². The first-order valence-corrected chi connectivity index (χ1v) is 9.90. The van der Waals surface area contributed by atoms with Gasteiger partial charge >= 0.3 is 5.97 Å². The second kappa shape index (κ2) is 10.7. The number of carbonyl (C=O) groups excluding carboxylic acids is 1. The number of nitriles is 1. The SMILES string of the molecule is CCc1cccc(OCC(=O)Oc2cccc(/C=C(/C#N)c3ccc(OC)cc3)c2)c1. The molecule has 0 atom stereocenters. The number of methoxy groups -OCH3 is 1. The summed E-state index contributed by atoms with van der Waals surface area (Å²) in [5, 5.41) is 9.55. The molecule has 0 saturated heterocycles. The van der Waals surface area contributed by atoms with Gasteiger partial charge in [0, 0.05) is 0 Å². The summed E-state index contributed by atoms with van der Waals surface area (Å²) in [6, 6.07) is 24.1. The van der Waals surface area contributed by atoms with E-state index < -0.39 is 5.97 Å². The van der Waals surface area contributed by atoms with Gasteiger partial charge in [0.05, 0.1) is 18.8 Å². The number of esters is 1. The Morgan fingerprint density at radius 3 is 2.42 bits per heavy atom. The van der Waals surface area contributed by atoms with Crippen LogP contribution in [-0.4, -0.2) is 19.7 Å². The molecule has 0 saturated carbocycles. The quantitative estimate of drug-likeness (QED) is 0.217. The van der Waals surface area contributed by atoms with Gasteiger partial charge in [-0.25, -0.2) is 4.79 Å². The standard InChI is InChI=1S/C26H23NO4/c1-3-19-6-4-8-24(15-19)30-18-26(28)31-25-9-5-7-20(16-25)14-22(17-27)21-10-12-23(29-2)13-11-21/h4-16H,3,18H2,1-2H3/b22-14-. The number of rotatable bonds is 8. The van der Waals surface area contributed by atoms with E-state index in [1.54, 1.807) is 49.6 Å². The zero-order valence-corrected chi connectivity index (χ0v) is 17.5. The first kappa shape index (κ1) is 21.7. The highest BCUT2D eigenvalue weighted by molar-refractivity contribution is 5.90. The van der Waals surface area contributed by atoms with Gasteiger partial charge in [-0.3, -0.25) is 0 Å². The molecule has 0 aliphatic carbocycles. The molecule has 0 N–H and O–H groups in total. The molecule has 0 aliphatic heterocycles. The van der Waals surface area contributed by atoms with Crippen molar-refractivity contribution in [2.24, 2.45) is 0 Å². The van der Waals surface area contributed by atoms with E-state index in [4.69, 9.17) is 14.2 Å². The molecule has 156 valence electrons. The van der Waals surface area contributed by atoms with E-state index in [9.17, 15) is 10.1 Å². The Morgan fingerprint density at radius 1 is 0.968 bits per heavy atom. The van der Waals surface area contributed by atoms with Gasteiger partial charge in [0.2, 0.25) is 0 Å². The summed E-state index contributed by atoms with van der Waals surface area (Å²) in [5.74, 6) is 1.24. The lowest BCUT2D eigenvalue weighted by molar-refractivity contribution is -0.136. The molecule has 3 rings (SSSR count). The van der Waals surface area contributed by atoms with Crippen LogP contribution in [0.4, 0.5) is 0 Å². The van der Waals surface area contributed by atoms with Crippen LogP contribution < -0.4 is 14.2 Å². The summed E-state index contributed by atoms with van der Waals surface area (Å²) in [5.41, 5.74) is 3.14. The van der Waals surface area contributed by atoms with Gasteiger partial charge in [-0.05, 0) is 77.7 Å². The molecule has 5 nitrogen and oxygen atoms in total. The second-order valence-corrected chi connectivity index (χ2v) is 6.73. The Bertz CT molecular complexity index is 1110. The number of allylic oxidation sites excluding steroid dienone is 1. The van der Waals surface area contributed by atoms with Crippen molar-refractivity contribution in [3.05, 3.63) is 89.5 Å². The fourth-order valence-corrected chi connectivity index (χ4v) is 2.94. The van der Waals surface area contributed by atoms with Crippen molar-refractivity contribution in [2.45, 2.75) is 13.3 Å². The minimum absolute atomic E-state index is 0.192. The van der Waals surface area contributed by atoms with Crippen molar-refractivity contribution in [1.29, 1.82) is 5.26 Å². The van der Waals surface area contributed by atoms with E-state index in [0.29, 0.717) is 17.1 Å². The highest BCUT2D eigenvalue weighted by Gasteiger charge is 2.08. The molecule has 0 aliphatic rings. The number of hydrogen-bond donors (Lipinski definition) is 0. The fourth-order valence-electron chi connectivity index (χ4n) is 2.94. The van der Waals surface area contributed by atoms with Crippen molar-refractivity contribution in [3.63, 3.8) is 0 Å². The number of hydrogen-bond acceptors (Lipinski definition) is 5. The van der Waals surface area contributed by atoms with Crippen molar-refractivity contribution >= 4 is 17.6 Å². The van der Waals surface area contributed by atoms with Crippen LogP contribution in [0.15, 0.2) is 72.8 Å². The van der Waals surface area contributed by atoms with Crippen molar-refractivity contribution in [1.82, 2.24) is 0 Å². The van der Waals surface area contributed by atoms with Gasteiger partial charge < -0.3 is 14.2 Å². The Balaban J connectivity index is 1.66. The number of nitrogens with zero attached hydrogens (tertiary/aromatic N) is 1. The molecule has 0 spiro atoms. The zero-order valence-electron chi connectivity index (χ0n) is 17.5. The van der Waals surface area contributed by atoms with E-state index in [2.05, 4.69) is 13.0 Å². The number of benzene rings is 3. The predicted molar refractivity (Wildman–Crippen MR) is 120 cm³/mol. The Hall–Kier alpha value is -4.04. The van der Waals surface area contributed by atoms with Crippen LogP contribution >= 0.6 is 0 Å². The van der Waals surface area contributed by atoms with Gasteiger partial charge in [0.15, 0.2) is 6.61 Å². The van der Waals surface area contributed by atoms with Crippen molar-refractivity contribution in [2.75, 3.05) is 13.7 Å². The van der Waals surface area contributed by atoms with Crippen LogP contribution in [0.5, 0.6) is 17.2 Å². The largest absolute Gasteiger partial charge is 0.497 e. The average molecular weight is 413 g/mol. The Labute approximate surface area is 182 Å². The molecule has 0 amide bonds. The lowest BCUT2D eigenvalue weighted by Gasteiger charge is -2.08. The topological polar surface area (TPSA) is 68.5 Å². The summed E-state index contributed by atoms with van der Waals surface area (Å²) in [7, 11) is 1.59. The minimum atomic E-state index is -0.501.